The summed E-state index contributed by atoms with van der Waals surface area (Å²) in [6.45, 7) is 6.88. The zero-order chi connectivity index (χ0) is 19.9. The van der Waals surface area contributed by atoms with Gasteiger partial charge in [0.1, 0.15) is 18.5 Å². The van der Waals surface area contributed by atoms with Crippen molar-refractivity contribution in [2.45, 2.75) is 45.4 Å². The molecule has 0 saturated carbocycles. The van der Waals surface area contributed by atoms with Gasteiger partial charge in [-0.1, -0.05) is 24.6 Å². The Morgan fingerprint density at radius 2 is 1.86 bits per heavy atom. The summed E-state index contributed by atoms with van der Waals surface area (Å²) in [5, 5.41) is 14.8. The molecule has 0 amide bonds. The minimum absolute atomic E-state index is 0.332. The van der Waals surface area contributed by atoms with Crippen LogP contribution in [0.25, 0.3) is 0 Å². The number of aliphatic hydroxyl groups excluding tert-OH is 1. The van der Waals surface area contributed by atoms with Crippen LogP contribution in [0.3, 0.4) is 0 Å². The Morgan fingerprint density at radius 1 is 1.14 bits per heavy atom. The first-order valence-corrected chi connectivity index (χ1v) is 10.3. The van der Waals surface area contributed by atoms with E-state index in [9.17, 15) is 5.11 Å². The molecule has 6 nitrogen and oxygen atoms in total. The van der Waals surface area contributed by atoms with Crippen LogP contribution in [-0.2, 0) is 20.1 Å². The number of β-amino-alcohol motifs (C(OH)–C–C–N with tert-alkyl or cyclic N) is 1. The summed E-state index contributed by atoms with van der Waals surface area (Å²) >= 11 is 0. The molecular weight excluding hydrogens is 352 g/mol. The van der Waals surface area contributed by atoms with Crippen LogP contribution in [0.5, 0.6) is 5.75 Å². The summed E-state index contributed by atoms with van der Waals surface area (Å²) in [5.74, 6) is 0.856. The van der Waals surface area contributed by atoms with Crippen LogP contribution < -0.4 is 4.74 Å². The number of aliphatic hydroxyl groups is 1. The quantitative estimate of drug-likeness (QED) is 0.718. The lowest BCUT2D eigenvalue weighted by Crippen LogP contribution is -2.38. The number of para-hydroxylation sites is 1. The van der Waals surface area contributed by atoms with E-state index in [2.05, 4.69) is 34.2 Å². The summed E-state index contributed by atoms with van der Waals surface area (Å²) in [4.78, 5) is 4.60. The van der Waals surface area contributed by atoms with E-state index in [1.807, 2.05) is 36.9 Å². The predicted molar refractivity (Wildman–Crippen MR) is 111 cm³/mol. The second-order valence-corrected chi connectivity index (χ2v) is 8.02. The van der Waals surface area contributed by atoms with Gasteiger partial charge in [0.15, 0.2) is 0 Å². The standard InChI is InChI=1S/C22H34N4O2/c1-18-20(15-25(3)23-18)14-24(2)13-19-9-5-6-10-22(19)28-17-21(27)16-26-11-7-4-8-12-26/h5-6,9-10,15,21,27H,4,7-8,11-14,16-17H2,1-3H3/t21-/m0/s1. The Balaban J connectivity index is 1.52. The van der Waals surface area contributed by atoms with E-state index >= 15 is 0 Å². The number of ether oxygens (including phenoxy) is 1. The maximum atomic E-state index is 10.4. The number of aromatic nitrogens is 2. The number of benzene rings is 1. The Labute approximate surface area is 168 Å². The number of aryl methyl sites for hydroxylation is 2. The Bertz CT molecular complexity index is 740. The molecular formula is C22H34N4O2. The summed E-state index contributed by atoms with van der Waals surface area (Å²) < 4.78 is 7.86. The van der Waals surface area contributed by atoms with Crippen LogP contribution in [0.15, 0.2) is 30.5 Å². The van der Waals surface area contributed by atoms with Crippen LogP contribution >= 0.6 is 0 Å². The minimum atomic E-state index is -0.457. The molecule has 1 aromatic heterocycles. The lowest BCUT2D eigenvalue weighted by Gasteiger charge is -2.28. The zero-order valence-corrected chi connectivity index (χ0v) is 17.5. The highest BCUT2D eigenvalue weighted by Gasteiger charge is 2.16. The lowest BCUT2D eigenvalue weighted by atomic mass is 10.1. The van der Waals surface area contributed by atoms with Crippen LogP contribution in [0, 0.1) is 6.92 Å². The van der Waals surface area contributed by atoms with Gasteiger partial charge in [0.05, 0.1) is 5.69 Å². The Morgan fingerprint density at radius 3 is 2.57 bits per heavy atom. The van der Waals surface area contributed by atoms with E-state index in [4.69, 9.17) is 4.74 Å². The highest BCUT2D eigenvalue weighted by molar-refractivity contribution is 5.33. The number of likely N-dealkylation sites (tertiary alicyclic amines) is 1. The topological polar surface area (TPSA) is 53.8 Å². The third-order valence-electron chi connectivity index (χ3n) is 5.32. The van der Waals surface area contributed by atoms with Gasteiger partial charge >= 0.3 is 0 Å². The second-order valence-electron chi connectivity index (χ2n) is 8.02. The van der Waals surface area contributed by atoms with Crippen molar-refractivity contribution in [3.8, 4) is 5.75 Å². The maximum absolute atomic E-state index is 10.4. The first-order chi connectivity index (χ1) is 13.5. The molecule has 0 unspecified atom stereocenters. The van der Waals surface area contributed by atoms with Gasteiger partial charge in [0.2, 0.25) is 0 Å². The molecule has 3 rings (SSSR count). The maximum Gasteiger partial charge on any atom is 0.123 e. The van der Waals surface area contributed by atoms with Crippen molar-refractivity contribution in [2.75, 3.05) is 33.3 Å². The number of hydrogen-bond donors (Lipinski definition) is 1. The van der Waals surface area contributed by atoms with Gasteiger partial charge in [0, 0.05) is 44.0 Å². The lowest BCUT2D eigenvalue weighted by molar-refractivity contribution is 0.0612. The van der Waals surface area contributed by atoms with Crippen molar-refractivity contribution in [2.24, 2.45) is 7.05 Å². The number of hydrogen-bond acceptors (Lipinski definition) is 5. The molecule has 1 aliphatic rings. The molecule has 28 heavy (non-hydrogen) atoms. The fourth-order valence-corrected chi connectivity index (χ4v) is 3.90. The molecule has 1 saturated heterocycles. The van der Waals surface area contributed by atoms with Gasteiger partial charge in [-0.25, -0.2) is 0 Å². The number of piperidine rings is 1. The molecule has 1 aliphatic heterocycles. The van der Waals surface area contributed by atoms with Crippen molar-refractivity contribution in [3.05, 3.63) is 47.3 Å². The third-order valence-corrected chi connectivity index (χ3v) is 5.32. The van der Waals surface area contributed by atoms with Crippen molar-refractivity contribution in [3.63, 3.8) is 0 Å². The highest BCUT2D eigenvalue weighted by Crippen LogP contribution is 2.21. The summed E-state index contributed by atoms with van der Waals surface area (Å²) in [6.07, 6.45) is 5.40. The van der Waals surface area contributed by atoms with E-state index in [1.165, 1.54) is 24.8 Å². The fourth-order valence-electron chi connectivity index (χ4n) is 3.90. The van der Waals surface area contributed by atoms with E-state index in [-0.39, 0.29) is 0 Å². The summed E-state index contributed by atoms with van der Waals surface area (Å²) in [5.41, 5.74) is 3.44. The minimum Gasteiger partial charge on any atom is -0.491 e. The average Bonchev–Trinajstić information content (AvgIpc) is 2.98. The Kier molecular flexibility index (Phi) is 7.48. The van der Waals surface area contributed by atoms with Crippen molar-refractivity contribution < 1.29 is 9.84 Å². The largest absolute Gasteiger partial charge is 0.491 e. The third kappa shape index (κ3) is 6.06. The van der Waals surface area contributed by atoms with Crippen LogP contribution in [0.1, 0.15) is 36.1 Å². The van der Waals surface area contributed by atoms with Crippen molar-refractivity contribution >= 4 is 0 Å². The van der Waals surface area contributed by atoms with Gasteiger partial charge in [-0.15, -0.1) is 0 Å². The van der Waals surface area contributed by atoms with E-state index < -0.39 is 6.10 Å². The molecule has 1 aromatic carbocycles. The molecule has 1 fully saturated rings. The van der Waals surface area contributed by atoms with Crippen LogP contribution in [-0.4, -0.2) is 64.1 Å². The molecule has 1 N–H and O–H groups in total. The van der Waals surface area contributed by atoms with Crippen LogP contribution in [0.4, 0.5) is 0 Å². The monoisotopic (exact) mass is 386 g/mol. The molecule has 0 bridgehead atoms. The summed E-state index contributed by atoms with van der Waals surface area (Å²) in [7, 11) is 4.06. The average molecular weight is 387 g/mol. The molecule has 1 atom stereocenters. The SMILES string of the molecule is Cc1nn(C)cc1CN(C)Cc1ccccc1OC[C@@H](O)CN1CCCCC1. The zero-order valence-electron chi connectivity index (χ0n) is 17.5. The number of nitrogens with zero attached hydrogens (tertiary/aromatic N) is 4. The molecule has 0 aliphatic carbocycles. The first-order valence-electron chi connectivity index (χ1n) is 10.3. The molecule has 0 radical (unpaired) electrons. The van der Waals surface area contributed by atoms with E-state index in [0.29, 0.717) is 13.2 Å². The van der Waals surface area contributed by atoms with Gasteiger partial charge in [-0.2, -0.15) is 5.10 Å². The molecule has 2 aromatic rings. The second kappa shape index (κ2) is 10.0. The molecule has 2 heterocycles. The number of rotatable bonds is 9. The van der Waals surface area contributed by atoms with E-state index in [1.54, 1.807) is 0 Å². The summed E-state index contributed by atoms with van der Waals surface area (Å²) in [6, 6.07) is 8.11. The van der Waals surface area contributed by atoms with Gasteiger partial charge in [0.25, 0.3) is 0 Å². The normalized spacial score (nSPS) is 16.5. The molecule has 0 spiro atoms. The van der Waals surface area contributed by atoms with Crippen molar-refractivity contribution in [1.29, 1.82) is 0 Å². The van der Waals surface area contributed by atoms with Gasteiger partial charge in [-0.3, -0.25) is 9.58 Å². The van der Waals surface area contributed by atoms with Crippen LogP contribution in [0.2, 0.25) is 0 Å². The predicted octanol–water partition coefficient (Wildman–Crippen LogP) is 2.59. The molecule has 6 heteroatoms. The van der Waals surface area contributed by atoms with Gasteiger partial charge in [-0.05, 0) is 46.0 Å². The van der Waals surface area contributed by atoms with Crippen molar-refractivity contribution in [1.82, 2.24) is 19.6 Å². The fraction of sp³-hybridized carbons (Fsp3) is 0.591. The molecule has 154 valence electrons. The first kappa shape index (κ1) is 20.8. The van der Waals surface area contributed by atoms with Gasteiger partial charge < -0.3 is 14.7 Å². The Hall–Kier alpha value is -1.89. The smallest absolute Gasteiger partial charge is 0.123 e. The van der Waals surface area contributed by atoms with E-state index in [0.717, 1.165) is 43.2 Å². The highest BCUT2D eigenvalue weighted by atomic mass is 16.5.